The normalized spacial score (nSPS) is 11.0. The molecule has 3 aromatic rings. The van der Waals surface area contributed by atoms with Gasteiger partial charge in [0, 0.05) is 31.8 Å². The fraction of sp³-hybridized carbons (Fsp3) is 0.150. The average Bonchev–Trinajstić information content (AvgIpc) is 3.04. The third-order valence-electron chi connectivity index (χ3n) is 3.72. The van der Waals surface area contributed by atoms with Gasteiger partial charge in [0.2, 0.25) is 5.89 Å². The number of para-hydroxylation sites is 2. The Morgan fingerprint density at radius 2 is 1.92 bits per heavy atom. The Morgan fingerprint density at radius 3 is 2.65 bits per heavy atom. The summed E-state index contributed by atoms with van der Waals surface area (Å²) in [5, 5.41) is 0. The summed E-state index contributed by atoms with van der Waals surface area (Å²) in [7, 11) is 3.33. The Hall–Kier alpha value is -3.41. The molecule has 0 bridgehead atoms. The lowest BCUT2D eigenvalue weighted by atomic mass is 10.1. The number of rotatable bonds is 4. The van der Waals surface area contributed by atoms with Crippen molar-refractivity contribution in [2.75, 3.05) is 14.1 Å². The second-order valence-electron chi connectivity index (χ2n) is 5.95. The van der Waals surface area contributed by atoms with Crippen LogP contribution in [0.2, 0.25) is 0 Å². The zero-order chi connectivity index (χ0) is 18.7. The van der Waals surface area contributed by atoms with E-state index in [2.05, 4.69) is 4.98 Å². The van der Waals surface area contributed by atoms with Crippen molar-refractivity contribution in [2.24, 2.45) is 0 Å². The van der Waals surface area contributed by atoms with E-state index in [4.69, 9.17) is 9.15 Å². The summed E-state index contributed by atoms with van der Waals surface area (Å²) in [5.74, 6) is -0.0875. The van der Waals surface area contributed by atoms with Gasteiger partial charge in [0.25, 0.3) is 5.91 Å². The molecule has 3 rings (SSSR count). The Labute approximate surface area is 150 Å². The predicted octanol–water partition coefficient (Wildman–Crippen LogP) is 3.46. The number of benzene rings is 2. The van der Waals surface area contributed by atoms with Crippen molar-refractivity contribution >= 4 is 29.1 Å². The maximum Gasteiger partial charge on any atom is 0.336 e. The molecule has 6 nitrogen and oxygen atoms in total. The Bertz CT molecular complexity index is 969. The molecule has 6 heteroatoms. The van der Waals surface area contributed by atoms with Crippen LogP contribution in [-0.2, 0) is 4.79 Å². The second kappa shape index (κ2) is 7.23. The van der Waals surface area contributed by atoms with Crippen LogP contribution in [0, 0.1) is 6.92 Å². The highest BCUT2D eigenvalue weighted by molar-refractivity contribution is 5.95. The number of hydrogen-bond acceptors (Lipinski definition) is 5. The highest BCUT2D eigenvalue weighted by atomic mass is 16.5. The maximum absolute atomic E-state index is 12.1. The minimum atomic E-state index is -0.579. The molecule has 0 unspecified atom stereocenters. The lowest BCUT2D eigenvalue weighted by molar-refractivity contribution is -0.128. The quantitative estimate of drug-likeness (QED) is 0.409. The highest BCUT2D eigenvalue weighted by Crippen LogP contribution is 2.21. The van der Waals surface area contributed by atoms with E-state index in [1.54, 1.807) is 45.3 Å². The van der Waals surface area contributed by atoms with E-state index in [-0.39, 0.29) is 5.91 Å². The Morgan fingerprint density at radius 1 is 1.15 bits per heavy atom. The Kier molecular flexibility index (Phi) is 4.84. The van der Waals surface area contributed by atoms with Crippen molar-refractivity contribution < 1.29 is 18.7 Å². The molecule has 1 heterocycles. The molecule has 1 aromatic heterocycles. The number of nitrogens with zero attached hydrogens (tertiary/aromatic N) is 2. The molecule has 2 aromatic carbocycles. The maximum atomic E-state index is 12.1. The summed E-state index contributed by atoms with van der Waals surface area (Å²) >= 11 is 0. The van der Waals surface area contributed by atoms with Gasteiger partial charge in [-0.25, -0.2) is 9.78 Å². The molecule has 0 saturated heterocycles. The minimum absolute atomic E-state index is 0.163. The zero-order valence-corrected chi connectivity index (χ0v) is 14.7. The number of hydrogen-bond donors (Lipinski definition) is 0. The van der Waals surface area contributed by atoms with Crippen LogP contribution in [-0.4, -0.2) is 35.9 Å². The topological polar surface area (TPSA) is 72.6 Å². The van der Waals surface area contributed by atoms with Crippen LogP contribution in [0.4, 0.5) is 0 Å². The van der Waals surface area contributed by atoms with Gasteiger partial charge in [-0.3, -0.25) is 4.79 Å². The van der Waals surface area contributed by atoms with E-state index in [0.29, 0.717) is 28.3 Å². The van der Waals surface area contributed by atoms with Crippen molar-refractivity contribution in [2.45, 2.75) is 6.92 Å². The summed E-state index contributed by atoms with van der Waals surface area (Å²) < 4.78 is 10.9. The Balaban J connectivity index is 1.75. The van der Waals surface area contributed by atoms with Gasteiger partial charge in [0.05, 0.1) is 0 Å². The number of oxazole rings is 1. The monoisotopic (exact) mass is 350 g/mol. The van der Waals surface area contributed by atoms with E-state index in [9.17, 15) is 9.59 Å². The van der Waals surface area contributed by atoms with Crippen LogP contribution in [0.5, 0.6) is 5.75 Å². The average molecular weight is 350 g/mol. The van der Waals surface area contributed by atoms with Gasteiger partial charge in [-0.05, 0) is 36.8 Å². The lowest BCUT2D eigenvalue weighted by Gasteiger charge is -2.12. The molecule has 0 atom stereocenters. The molecular formula is C20H18N2O4. The molecule has 26 heavy (non-hydrogen) atoms. The first-order valence-corrected chi connectivity index (χ1v) is 8.02. The van der Waals surface area contributed by atoms with E-state index < -0.39 is 5.97 Å². The van der Waals surface area contributed by atoms with Gasteiger partial charge in [-0.15, -0.1) is 0 Å². The number of amides is 1. The third-order valence-corrected chi connectivity index (χ3v) is 3.72. The van der Waals surface area contributed by atoms with Gasteiger partial charge in [-0.1, -0.05) is 18.2 Å². The fourth-order valence-electron chi connectivity index (χ4n) is 2.34. The number of ether oxygens (including phenoxy) is 1. The first-order valence-electron chi connectivity index (χ1n) is 8.02. The number of carbonyl (C=O) groups excluding carboxylic acids is 2. The molecule has 0 radical (unpaired) electrons. The van der Waals surface area contributed by atoms with Crippen molar-refractivity contribution in [1.29, 1.82) is 0 Å². The minimum Gasteiger partial charge on any atom is -0.437 e. The van der Waals surface area contributed by atoms with Crippen molar-refractivity contribution in [3.63, 3.8) is 0 Å². The summed E-state index contributed by atoms with van der Waals surface area (Å²) in [6, 6.07) is 12.3. The molecule has 0 spiro atoms. The van der Waals surface area contributed by atoms with Crippen molar-refractivity contribution in [3.8, 4) is 5.75 Å². The SMILES string of the molecule is Cc1ccc(C(=O)N(C)C)cc1OC(=O)/C=C/c1nc2ccccc2o1. The van der Waals surface area contributed by atoms with Gasteiger partial charge in [0.15, 0.2) is 5.58 Å². The number of fused-ring (bicyclic) bond motifs is 1. The van der Waals surface area contributed by atoms with Crippen LogP contribution < -0.4 is 4.74 Å². The first-order chi connectivity index (χ1) is 12.4. The van der Waals surface area contributed by atoms with Crippen LogP contribution in [0.15, 0.2) is 53.0 Å². The van der Waals surface area contributed by atoms with Crippen molar-refractivity contribution in [3.05, 3.63) is 65.6 Å². The molecular weight excluding hydrogens is 332 g/mol. The summed E-state index contributed by atoms with van der Waals surface area (Å²) in [6.07, 6.45) is 2.69. The molecule has 0 aliphatic rings. The van der Waals surface area contributed by atoms with Crippen LogP contribution in [0.1, 0.15) is 21.8 Å². The molecule has 0 aliphatic heterocycles. The summed E-state index contributed by atoms with van der Waals surface area (Å²) in [5.41, 5.74) is 2.56. The summed E-state index contributed by atoms with van der Waals surface area (Å²) in [4.78, 5) is 29.9. The fourth-order valence-corrected chi connectivity index (χ4v) is 2.34. The first kappa shape index (κ1) is 17.4. The largest absolute Gasteiger partial charge is 0.437 e. The van der Waals surface area contributed by atoms with Gasteiger partial charge in [0.1, 0.15) is 11.3 Å². The molecule has 132 valence electrons. The van der Waals surface area contributed by atoms with Gasteiger partial charge < -0.3 is 14.1 Å². The van der Waals surface area contributed by atoms with Gasteiger partial charge in [-0.2, -0.15) is 0 Å². The van der Waals surface area contributed by atoms with Crippen molar-refractivity contribution in [1.82, 2.24) is 9.88 Å². The van der Waals surface area contributed by atoms with Crippen LogP contribution >= 0.6 is 0 Å². The smallest absolute Gasteiger partial charge is 0.336 e. The molecule has 0 aliphatic carbocycles. The van der Waals surface area contributed by atoms with E-state index in [1.165, 1.54) is 17.1 Å². The van der Waals surface area contributed by atoms with Crippen LogP contribution in [0.25, 0.3) is 17.2 Å². The number of carbonyl (C=O) groups is 2. The molecule has 0 saturated carbocycles. The lowest BCUT2D eigenvalue weighted by Crippen LogP contribution is -2.21. The second-order valence-corrected chi connectivity index (χ2v) is 5.95. The standard InChI is InChI=1S/C20H18N2O4/c1-13-8-9-14(20(24)22(2)3)12-17(13)26-19(23)11-10-18-21-15-6-4-5-7-16(15)25-18/h4-12H,1-3H3/b11-10+. The highest BCUT2D eigenvalue weighted by Gasteiger charge is 2.12. The summed E-state index contributed by atoms with van der Waals surface area (Å²) in [6.45, 7) is 1.80. The van der Waals surface area contributed by atoms with E-state index >= 15 is 0 Å². The number of esters is 1. The molecule has 0 N–H and O–H groups in total. The van der Waals surface area contributed by atoms with Gasteiger partial charge >= 0.3 is 5.97 Å². The molecule has 0 fully saturated rings. The molecule has 1 amide bonds. The number of aryl methyl sites for hydroxylation is 1. The van der Waals surface area contributed by atoms with E-state index in [1.807, 2.05) is 18.2 Å². The predicted molar refractivity (Wildman–Crippen MR) is 97.9 cm³/mol. The number of aromatic nitrogens is 1. The van der Waals surface area contributed by atoms with Crippen LogP contribution in [0.3, 0.4) is 0 Å². The third kappa shape index (κ3) is 3.80. The zero-order valence-electron chi connectivity index (χ0n) is 14.7. The van der Waals surface area contributed by atoms with E-state index in [0.717, 1.165) is 5.56 Å².